The first-order chi connectivity index (χ1) is 9.20. The Labute approximate surface area is 113 Å². The van der Waals surface area contributed by atoms with Gasteiger partial charge in [-0.3, -0.25) is 4.79 Å². The van der Waals surface area contributed by atoms with Gasteiger partial charge < -0.3 is 20.3 Å². The van der Waals surface area contributed by atoms with Crippen molar-refractivity contribution in [3.05, 3.63) is 29.8 Å². The smallest absolute Gasteiger partial charge is 0.255 e. The highest BCUT2D eigenvalue weighted by Gasteiger charge is 2.18. The van der Waals surface area contributed by atoms with E-state index in [0.29, 0.717) is 23.9 Å². The maximum Gasteiger partial charge on any atom is 0.255 e. The topological polar surface area (TPSA) is 53.6 Å². The predicted molar refractivity (Wildman–Crippen MR) is 74.6 cm³/mol. The molecule has 5 heteroatoms. The summed E-state index contributed by atoms with van der Waals surface area (Å²) in [6.07, 6.45) is 0. The number of para-hydroxylation sites is 1. The summed E-state index contributed by atoms with van der Waals surface area (Å²) in [6, 6.07) is 7.56. The van der Waals surface area contributed by atoms with Crippen molar-refractivity contribution in [3.8, 4) is 5.75 Å². The number of likely N-dealkylation sites (N-methyl/N-ethyl adjacent to an activating group) is 1. The number of hydrogen-bond donors (Lipinski definition) is 2. The van der Waals surface area contributed by atoms with E-state index < -0.39 is 0 Å². The van der Waals surface area contributed by atoms with Crippen LogP contribution in [-0.2, 0) is 0 Å². The van der Waals surface area contributed by atoms with E-state index in [1.807, 2.05) is 12.1 Å². The van der Waals surface area contributed by atoms with Crippen molar-refractivity contribution >= 4 is 5.91 Å². The first-order valence-electron chi connectivity index (χ1n) is 6.54. The number of carbonyl (C=O) groups is 1. The van der Waals surface area contributed by atoms with E-state index in [4.69, 9.17) is 4.74 Å². The van der Waals surface area contributed by atoms with Gasteiger partial charge in [-0.05, 0) is 19.2 Å². The van der Waals surface area contributed by atoms with Crippen molar-refractivity contribution in [2.24, 2.45) is 0 Å². The van der Waals surface area contributed by atoms with Crippen LogP contribution in [0, 0.1) is 0 Å². The minimum atomic E-state index is -0.0903. The highest BCUT2D eigenvalue weighted by Crippen LogP contribution is 2.16. The zero-order chi connectivity index (χ0) is 13.7. The molecule has 1 aromatic carbocycles. The van der Waals surface area contributed by atoms with Gasteiger partial charge in [0.1, 0.15) is 5.75 Å². The second kappa shape index (κ2) is 6.54. The lowest BCUT2D eigenvalue weighted by atomic mass is 10.1. The molecule has 2 N–H and O–H groups in total. The number of benzene rings is 1. The van der Waals surface area contributed by atoms with E-state index in [0.717, 1.165) is 19.6 Å². The predicted octanol–water partition coefficient (Wildman–Crippen LogP) is 0.329. The molecule has 19 heavy (non-hydrogen) atoms. The molecule has 2 rings (SSSR count). The lowest BCUT2D eigenvalue weighted by molar-refractivity contribution is 0.0941. The van der Waals surface area contributed by atoms with Crippen LogP contribution in [0.25, 0.3) is 0 Å². The van der Waals surface area contributed by atoms with Crippen molar-refractivity contribution in [1.82, 2.24) is 15.5 Å². The van der Waals surface area contributed by atoms with Crippen molar-refractivity contribution in [2.45, 2.75) is 6.04 Å². The summed E-state index contributed by atoms with van der Waals surface area (Å²) >= 11 is 0. The van der Waals surface area contributed by atoms with Crippen LogP contribution in [0.5, 0.6) is 5.75 Å². The van der Waals surface area contributed by atoms with E-state index in [1.165, 1.54) is 0 Å². The molecule has 0 bridgehead atoms. The Morgan fingerprint density at radius 3 is 3.05 bits per heavy atom. The monoisotopic (exact) mass is 263 g/mol. The number of ether oxygens (including phenoxy) is 1. The molecule has 104 valence electrons. The molecule has 0 radical (unpaired) electrons. The molecule has 1 saturated heterocycles. The molecule has 1 unspecified atom stereocenters. The molecule has 1 aliphatic rings. The van der Waals surface area contributed by atoms with Gasteiger partial charge in [-0.2, -0.15) is 0 Å². The number of hydrogen-bond acceptors (Lipinski definition) is 4. The molecular formula is C14H21N3O2. The van der Waals surface area contributed by atoms with Gasteiger partial charge in [-0.1, -0.05) is 12.1 Å². The van der Waals surface area contributed by atoms with Gasteiger partial charge in [-0.25, -0.2) is 0 Å². The minimum Gasteiger partial charge on any atom is -0.496 e. The highest BCUT2D eigenvalue weighted by atomic mass is 16.5. The number of amides is 1. The molecule has 1 fully saturated rings. The Hall–Kier alpha value is -1.59. The van der Waals surface area contributed by atoms with Gasteiger partial charge in [0.05, 0.1) is 12.7 Å². The summed E-state index contributed by atoms with van der Waals surface area (Å²) in [5.74, 6) is 0.515. The van der Waals surface area contributed by atoms with Gasteiger partial charge in [0.15, 0.2) is 0 Å². The van der Waals surface area contributed by atoms with Gasteiger partial charge in [0, 0.05) is 32.2 Å². The van der Waals surface area contributed by atoms with E-state index >= 15 is 0 Å². The Morgan fingerprint density at radius 2 is 2.32 bits per heavy atom. The van der Waals surface area contributed by atoms with Crippen LogP contribution in [0.4, 0.5) is 0 Å². The summed E-state index contributed by atoms with van der Waals surface area (Å²) in [7, 11) is 3.67. The Bertz CT molecular complexity index is 436. The molecule has 1 aliphatic heterocycles. The average Bonchev–Trinajstić information content (AvgIpc) is 2.45. The van der Waals surface area contributed by atoms with Gasteiger partial charge >= 0.3 is 0 Å². The third kappa shape index (κ3) is 3.68. The minimum absolute atomic E-state index is 0.0903. The second-order valence-electron chi connectivity index (χ2n) is 4.82. The summed E-state index contributed by atoms with van der Waals surface area (Å²) in [6.45, 7) is 3.59. The van der Waals surface area contributed by atoms with E-state index in [9.17, 15) is 4.79 Å². The number of piperazine rings is 1. The second-order valence-corrected chi connectivity index (χ2v) is 4.82. The first kappa shape index (κ1) is 13.8. The summed E-state index contributed by atoms with van der Waals surface area (Å²) < 4.78 is 5.19. The lowest BCUT2D eigenvalue weighted by Crippen LogP contribution is -2.53. The molecule has 0 saturated carbocycles. The Morgan fingerprint density at radius 1 is 1.53 bits per heavy atom. The standard InChI is InChI=1S/C14H21N3O2/c1-17-8-7-15-11(10-17)9-16-14(18)12-5-3-4-6-13(12)19-2/h3-6,11,15H,7-10H2,1-2H3,(H,16,18). The van der Waals surface area contributed by atoms with Gasteiger partial charge in [0.2, 0.25) is 0 Å². The number of carbonyl (C=O) groups excluding carboxylic acids is 1. The van der Waals surface area contributed by atoms with Crippen molar-refractivity contribution in [3.63, 3.8) is 0 Å². The van der Waals surface area contributed by atoms with Crippen LogP contribution in [-0.4, -0.2) is 57.2 Å². The fourth-order valence-electron chi connectivity index (χ4n) is 2.27. The van der Waals surface area contributed by atoms with Crippen LogP contribution in [0.2, 0.25) is 0 Å². The third-order valence-electron chi connectivity index (χ3n) is 3.32. The fraction of sp³-hybridized carbons (Fsp3) is 0.500. The molecule has 1 amide bonds. The SMILES string of the molecule is COc1ccccc1C(=O)NCC1CN(C)CCN1. The van der Waals surface area contributed by atoms with Crippen molar-refractivity contribution in [2.75, 3.05) is 40.3 Å². The van der Waals surface area contributed by atoms with Crippen molar-refractivity contribution < 1.29 is 9.53 Å². The Kier molecular flexibility index (Phi) is 4.76. The van der Waals surface area contributed by atoms with Crippen LogP contribution < -0.4 is 15.4 Å². The molecule has 1 atom stereocenters. The Balaban J connectivity index is 1.90. The average molecular weight is 263 g/mol. The molecule has 0 aliphatic carbocycles. The van der Waals surface area contributed by atoms with E-state index in [2.05, 4.69) is 22.6 Å². The summed E-state index contributed by atoms with van der Waals surface area (Å²) in [5.41, 5.74) is 0.578. The molecule has 5 nitrogen and oxygen atoms in total. The largest absolute Gasteiger partial charge is 0.496 e. The molecule has 1 aromatic rings. The van der Waals surface area contributed by atoms with E-state index in [-0.39, 0.29) is 5.91 Å². The number of methoxy groups -OCH3 is 1. The summed E-state index contributed by atoms with van der Waals surface area (Å²) in [4.78, 5) is 14.4. The number of nitrogens with one attached hydrogen (secondary N) is 2. The van der Waals surface area contributed by atoms with E-state index in [1.54, 1.807) is 19.2 Å². The highest BCUT2D eigenvalue weighted by molar-refractivity contribution is 5.96. The van der Waals surface area contributed by atoms with Crippen LogP contribution in [0.3, 0.4) is 0 Å². The molecule has 1 heterocycles. The maximum atomic E-state index is 12.1. The number of rotatable bonds is 4. The first-order valence-corrected chi connectivity index (χ1v) is 6.54. The molecule has 0 aromatic heterocycles. The normalized spacial score (nSPS) is 20.0. The van der Waals surface area contributed by atoms with Crippen LogP contribution in [0.1, 0.15) is 10.4 Å². The maximum absolute atomic E-state index is 12.1. The number of nitrogens with zero attached hydrogens (tertiary/aromatic N) is 1. The molecule has 0 spiro atoms. The summed E-state index contributed by atoms with van der Waals surface area (Å²) in [5, 5.41) is 6.35. The van der Waals surface area contributed by atoms with Gasteiger partial charge in [-0.15, -0.1) is 0 Å². The fourth-order valence-corrected chi connectivity index (χ4v) is 2.27. The zero-order valence-corrected chi connectivity index (χ0v) is 11.5. The third-order valence-corrected chi connectivity index (χ3v) is 3.32. The zero-order valence-electron chi connectivity index (χ0n) is 11.5. The van der Waals surface area contributed by atoms with Crippen molar-refractivity contribution in [1.29, 1.82) is 0 Å². The quantitative estimate of drug-likeness (QED) is 0.822. The lowest BCUT2D eigenvalue weighted by Gasteiger charge is -2.30. The van der Waals surface area contributed by atoms with Crippen LogP contribution >= 0.6 is 0 Å². The molecular weight excluding hydrogens is 242 g/mol. The van der Waals surface area contributed by atoms with Crippen LogP contribution in [0.15, 0.2) is 24.3 Å². The van der Waals surface area contributed by atoms with Gasteiger partial charge in [0.25, 0.3) is 5.91 Å².